The molecule has 0 bridgehead atoms. The van der Waals surface area contributed by atoms with E-state index in [4.69, 9.17) is 9.47 Å². The van der Waals surface area contributed by atoms with E-state index in [1.165, 1.54) is 16.7 Å². The number of amides is 1. The van der Waals surface area contributed by atoms with Crippen molar-refractivity contribution in [1.29, 1.82) is 0 Å². The third-order valence-corrected chi connectivity index (χ3v) is 5.32. The van der Waals surface area contributed by atoms with Crippen LogP contribution >= 0.6 is 0 Å². The van der Waals surface area contributed by atoms with Crippen LogP contribution in [0.3, 0.4) is 0 Å². The van der Waals surface area contributed by atoms with E-state index in [2.05, 4.69) is 37.8 Å². The van der Waals surface area contributed by atoms with Gasteiger partial charge in [-0.15, -0.1) is 0 Å². The smallest absolute Gasteiger partial charge is 0.410 e. The zero-order chi connectivity index (χ0) is 18.2. The minimum absolute atomic E-state index is 0.193. The van der Waals surface area contributed by atoms with Gasteiger partial charge in [0.2, 0.25) is 0 Å². The summed E-state index contributed by atoms with van der Waals surface area (Å²) in [7, 11) is 1.81. The van der Waals surface area contributed by atoms with Gasteiger partial charge in [-0.25, -0.2) is 4.79 Å². The summed E-state index contributed by atoms with van der Waals surface area (Å²) in [5.74, 6) is 1.43. The van der Waals surface area contributed by atoms with E-state index in [1.54, 1.807) is 4.90 Å². The fourth-order valence-corrected chi connectivity index (χ4v) is 3.96. The summed E-state index contributed by atoms with van der Waals surface area (Å²) in [6, 6.07) is 4.46. The average Bonchev–Trinajstić information content (AvgIpc) is 3.04. The highest BCUT2D eigenvalue weighted by Gasteiger charge is 2.48. The highest BCUT2D eigenvalue weighted by molar-refractivity contribution is 5.70. The first kappa shape index (κ1) is 18.1. The predicted octanol–water partition coefficient (Wildman–Crippen LogP) is 3.54. The van der Waals surface area contributed by atoms with E-state index < -0.39 is 0 Å². The Morgan fingerprint density at radius 3 is 2.68 bits per heavy atom. The van der Waals surface area contributed by atoms with Crippen molar-refractivity contribution in [2.24, 2.45) is 0 Å². The molecule has 0 saturated carbocycles. The molecule has 1 atom stereocenters. The lowest BCUT2D eigenvalue weighted by Crippen LogP contribution is -2.37. The molecule has 1 aromatic rings. The minimum Gasteiger partial charge on any atom is -0.494 e. The van der Waals surface area contributed by atoms with Gasteiger partial charge in [0.25, 0.3) is 0 Å². The molecular weight excluding hydrogens is 316 g/mol. The zero-order valence-corrected chi connectivity index (χ0v) is 16.1. The van der Waals surface area contributed by atoms with E-state index in [0.717, 1.165) is 31.8 Å². The van der Waals surface area contributed by atoms with Crippen molar-refractivity contribution in [1.82, 2.24) is 9.80 Å². The number of benzene rings is 1. The number of ether oxygens (including phenoxy) is 2. The van der Waals surface area contributed by atoms with E-state index >= 15 is 0 Å². The highest BCUT2D eigenvalue weighted by atomic mass is 16.6. The Hall–Kier alpha value is -1.75. The Balaban J connectivity index is 1.75. The highest BCUT2D eigenvalue weighted by Crippen LogP contribution is 2.34. The van der Waals surface area contributed by atoms with Gasteiger partial charge in [0.1, 0.15) is 11.4 Å². The number of hydrogen-bond acceptors (Lipinski definition) is 4. The van der Waals surface area contributed by atoms with Gasteiger partial charge in [0.15, 0.2) is 0 Å². The molecule has 0 N–H and O–H groups in total. The molecule has 25 heavy (non-hydrogen) atoms. The number of likely N-dealkylation sites (N-methyl/N-ethyl adjacent to an activating group) is 1. The van der Waals surface area contributed by atoms with Gasteiger partial charge in [-0.3, -0.25) is 4.90 Å². The average molecular weight is 346 g/mol. The summed E-state index contributed by atoms with van der Waals surface area (Å²) in [5.41, 5.74) is 3.55. The first-order valence-corrected chi connectivity index (χ1v) is 9.26. The Labute approximate surface area is 150 Å². The molecule has 0 unspecified atom stereocenters. The maximum Gasteiger partial charge on any atom is 0.410 e. The Bertz CT molecular complexity index is 659. The van der Waals surface area contributed by atoms with Crippen molar-refractivity contribution < 1.29 is 14.3 Å². The Kier molecular flexibility index (Phi) is 4.96. The first-order valence-electron chi connectivity index (χ1n) is 9.26. The van der Waals surface area contributed by atoms with Crippen LogP contribution < -0.4 is 4.74 Å². The zero-order valence-electron chi connectivity index (χ0n) is 16.1. The second kappa shape index (κ2) is 6.87. The molecule has 1 amide bonds. The van der Waals surface area contributed by atoms with Gasteiger partial charge in [-0.1, -0.05) is 19.9 Å². The SMILES string of the molecule is CCOc1cc(C)c(CN2CC[C@@]3(C2)CN(C)C(=O)O3)cc1C(C)C. The van der Waals surface area contributed by atoms with Crippen LogP contribution in [0.2, 0.25) is 0 Å². The lowest BCUT2D eigenvalue weighted by atomic mass is 9.96. The number of likely N-dealkylation sites (tertiary alicyclic amines) is 1. The molecule has 2 heterocycles. The summed E-state index contributed by atoms with van der Waals surface area (Å²) in [5, 5.41) is 0. The number of nitrogens with zero attached hydrogens (tertiary/aromatic N) is 2. The monoisotopic (exact) mass is 346 g/mol. The predicted molar refractivity (Wildman–Crippen MR) is 98.2 cm³/mol. The van der Waals surface area contributed by atoms with Crippen LogP contribution in [-0.4, -0.2) is 54.8 Å². The molecule has 1 aromatic carbocycles. The summed E-state index contributed by atoms with van der Waals surface area (Å²) in [6.07, 6.45) is 0.720. The largest absolute Gasteiger partial charge is 0.494 e. The van der Waals surface area contributed by atoms with Crippen LogP contribution in [-0.2, 0) is 11.3 Å². The number of hydrogen-bond donors (Lipinski definition) is 0. The molecule has 5 nitrogen and oxygen atoms in total. The number of carbonyl (C=O) groups excluding carboxylic acids is 1. The topological polar surface area (TPSA) is 42.0 Å². The van der Waals surface area contributed by atoms with Crippen LogP contribution in [0.4, 0.5) is 4.79 Å². The lowest BCUT2D eigenvalue weighted by Gasteiger charge is -2.23. The molecule has 0 aliphatic carbocycles. The fraction of sp³-hybridized carbons (Fsp3) is 0.650. The molecule has 138 valence electrons. The molecule has 2 saturated heterocycles. The summed E-state index contributed by atoms with van der Waals surface area (Å²) < 4.78 is 11.5. The fourth-order valence-electron chi connectivity index (χ4n) is 3.96. The molecular formula is C20H30N2O3. The summed E-state index contributed by atoms with van der Waals surface area (Å²) in [4.78, 5) is 15.8. The number of rotatable bonds is 5. The van der Waals surface area contributed by atoms with Crippen molar-refractivity contribution in [3.8, 4) is 5.75 Å². The third kappa shape index (κ3) is 3.61. The second-order valence-electron chi connectivity index (χ2n) is 7.77. The first-order chi connectivity index (χ1) is 11.8. The van der Waals surface area contributed by atoms with Gasteiger partial charge in [-0.2, -0.15) is 0 Å². The third-order valence-electron chi connectivity index (χ3n) is 5.32. The van der Waals surface area contributed by atoms with E-state index in [9.17, 15) is 4.79 Å². The van der Waals surface area contributed by atoms with Crippen molar-refractivity contribution in [3.63, 3.8) is 0 Å². The quantitative estimate of drug-likeness (QED) is 0.818. The van der Waals surface area contributed by atoms with Crippen LogP contribution in [0.15, 0.2) is 12.1 Å². The molecule has 0 radical (unpaired) electrons. The van der Waals surface area contributed by atoms with Crippen LogP contribution in [0.25, 0.3) is 0 Å². The van der Waals surface area contributed by atoms with Gasteiger partial charge in [0.05, 0.1) is 13.2 Å². The molecule has 2 fully saturated rings. The Morgan fingerprint density at radius 1 is 1.32 bits per heavy atom. The lowest BCUT2D eigenvalue weighted by molar-refractivity contribution is 0.0627. The van der Waals surface area contributed by atoms with E-state index in [-0.39, 0.29) is 11.7 Å². The molecule has 0 aromatic heterocycles. The minimum atomic E-state index is -0.314. The van der Waals surface area contributed by atoms with Crippen molar-refractivity contribution in [2.45, 2.75) is 52.2 Å². The van der Waals surface area contributed by atoms with E-state index in [1.807, 2.05) is 14.0 Å². The second-order valence-corrected chi connectivity index (χ2v) is 7.77. The van der Waals surface area contributed by atoms with Gasteiger partial charge in [0, 0.05) is 33.1 Å². The maximum atomic E-state index is 11.7. The summed E-state index contributed by atoms with van der Waals surface area (Å²) >= 11 is 0. The van der Waals surface area contributed by atoms with Crippen molar-refractivity contribution in [3.05, 3.63) is 28.8 Å². The molecule has 2 aliphatic rings. The van der Waals surface area contributed by atoms with Gasteiger partial charge < -0.3 is 14.4 Å². The molecule has 1 spiro atoms. The van der Waals surface area contributed by atoms with Gasteiger partial charge >= 0.3 is 6.09 Å². The van der Waals surface area contributed by atoms with Crippen LogP contribution in [0.5, 0.6) is 5.75 Å². The van der Waals surface area contributed by atoms with Gasteiger partial charge in [-0.05, 0) is 42.5 Å². The number of aryl methyl sites for hydroxylation is 1. The Morgan fingerprint density at radius 2 is 2.08 bits per heavy atom. The molecule has 5 heteroatoms. The van der Waals surface area contributed by atoms with Crippen LogP contribution in [0, 0.1) is 6.92 Å². The van der Waals surface area contributed by atoms with Crippen molar-refractivity contribution >= 4 is 6.09 Å². The van der Waals surface area contributed by atoms with Crippen LogP contribution in [0.1, 0.15) is 49.8 Å². The molecule has 2 aliphatic heterocycles. The van der Waals surface area contributed by atoms with Crippen molar-refractivity contribution in [2.75, 3.05) is 33.3 Å². The number of carbonyl (C=O) groups is 1. The molecule has 3 rings (SSSR count). The van der Waals surface area contributed by atoms with E-state index in [0.29, 0.717) is 19.1 Å². The normalized spacial score (nSPS) is 23.8. The summed E-state index contributed by atoms with van der Waals surface area (Å²) in [6.45, 7) is 12.6. The standard InChI is InChI=1S/C20H30N2O3/c1-6-24-18-9-15(4)16(10-17(18)14(2)3)11-22-8-7-20(13-22)12-21(5)19(23)25-20/h9-10,14H,6-8,11-13H2,1-5H3/t20-/m0/s1. The maximum absolute atomic E-state index is 11.7.